The predicted octanol–water partition coefficient (Wildman–Crippen LogP) is 4.16. The number of ether oxygens (including phenoxy) is 1. The van der Waals surface area contributed by atoms with Crippen LogP contribution in [0.25, 0.3) is 22.0 Å². The molecule has 4 aliphatic rings. The maximum Gasteiger partial charge on any atom is 0.316 e. The molecule has 4 aliphatic heterocycles. The second-order valence-corrected chi connectivity index (χ2v) is 10.5. The van der Waals surface area contributed by atoms with Crippen LogP contribution < -0.4 is 4.74 Å². The topological polar surface area (TPSA) is 74.4 Å². The lowest BCUT2D eigenvalue weighted by atomic mass is 9.87. The number of benzene rings is 1. The van der Waals surface area contributed by atoms with Crippen molar-refractivity contribution in [3.8, 4) is 17.1 Å². The van der Waals surface area contributed by atoms with Crippen LogP contribution in [0.2, 0.25) is 0 Å². The number of H-pyrrole nitrogens is 1. The molecule has 7 rings (SSSR count). The Morgan fingerprint density at radius 2 is 1.71 bits per heavy atom. The molecule has 7 nitrogen and oxygen atoms in total. The van der Waals surface area contributed by atoms with E-state index in [0.717, 1.165) is 55.5 Å². The highest BCUT2D eigenvalue weighted by molar-refractivity contribution is 5.84. The molecular formula is C28H35N5O2. The van der Waals surface area contributed by atoms with E-state index in [1.54, 1.807) is 0 Å². The average Bonchev–Trinajstić information content (AvgIpc) is 3.38. The van der Waals surface area contributed by atoms with Crippen LogP contribution in [0.15, 0.2) is 42.9 Å². The van der Waals surface area contributed by atoms with Crippen molar-refractivity contribution in [3.63, 3.8) is 0 Å². The summed E-state index contributed by atoms with van der Waals surface area (Å²) in [5.41, 5.74) is 3.28. The third-order valence-corrected chi connectivity index (χ3v) is 8.20. The highest BCUT2D eigenvalue weighted by atomic mass is 16.5. The van der Waals surface area contributed by atoms with E-state index in [1.807, 2.05) is 18.6 Å². The van der Waals surface area contributed by atoms with Gasteiger partial charge < -0.3 is 19.5 Å². The van der Waals surface area contributed by atoms with Crippen molar-refractivity contribution in [1.29, 1.82) is 0 Å². The normalized spacial score (nSPS) is 29.8. The molecule has 6 heterocycles. The minimum absolute atomic E-state index is 0.263. The number of carbonyl (C=O) groups is 1. The van der Waals surface area contributed by atoms with Crippen LogP contribution in [-0.2, 0) is 4.79 Å². The highest BCUT2D eigenvalue weighted by Gasteiger charge is 2.34. The van der Waals surface area contributed by atoms with Crippen LogP contribution in [0.5, 0.6) is 6.01 Å². The van der Waals surface area contributed by atoms with Gasteiger partial charge in [0.25, 0.3) is 0 Å². The monoisotopic (exact) mass is 473 g/mol. The van der Waals surface area contributed by atoms with Gasteiger partial charge in [0.2, 0.25) is 0 Å². The lowest BCUT2D eigenvalue weighted by Crippen LogP contribution is -2.49. The van der Waals surface area contributed by atoms with Gasteiger partial charge >= 0.3 is 6.01 Å². The van der Waals surface area contributed by atoms with E-state index in [0.29, 0.717) is 23.6 Å². The lowest BCUT2D eigenvalue weighted by Gasteiger charge is -2.41. The zero-order valence-electron chi connectivity index (χ0n) is 20.4. The predicted molar refractivity (Wildman–Crippen MR) is 136 cm³/mol. The summed E-state index contributed by atoms with van der Waals surface area (Å²) in [6.07, 6.45) is 12.8. The number of rotatable bonds is 3. The van der Waals surface area contributed by atoms with Gasteiger partial charge in [-0.15, -0.1) is 0 Å². The number of aromatic nitrogens is 3. The van der Waals surface area contributed by atoms with Gasteiger partial charge in [0.1, 0.15) is 11.9 Å². The van der Waals surface area contributed by atoms with Gasteiger partial charge in [0.05, 0.1) is 0 Å². The Morgan fingerprint density at radius 3 is 2.57 bits per heavy atom. The van der Waals surface area contributed by atoms with Gasteiger partial charge in [-0.25, -0.2) is 9.97 Å². The Hall–Kier alpha value is -2.77. The Bertz CT molecular complexity index is 1160. The molecule has 0 spiro atoms. The van der Waals surface area contributed by atoms with E-state index < -0.39 is 0 Å². The molecule has 7 heteroatoms. The molecule has 4 saturated heterocycles. The molecule has 5 atom stereocenters. The maximum absolute atomic E-state index is 11.2. The molecule has 1 N–H and O–H groups in total. The summed E-state index contributed by atoms with van der Waals surface area (Å²) < 4.78 is 6.14. The van der Waals surface area contributed by atoms with Crippen molar-refractivity contribution in [3.05, 3.63) is 42.9 Å². The first kappa shape index (κ1) is 22.7. The maximum atomic E-state index is 11.2. The largest absolute Gasteiger partial charge is 0.460 e. The van der Waals surface area contributed by atoms with Crippen molar-refractivity contribution in [2.75, 3.05) is 39.3 Å². The molecule has 3 unspecified atom stereocenters. The fourth-order valence-corrected chi connectivity index (χ4v) is 6.19. The van der Waals surface area contributed by atoms with E-state index in [4.69, 9.17) is 4.74 Å². The quantitative estimate of drug-likeness (QED) is 0.616. The first-order valence-corrected chi connectivity index (χ1v) is 13.2. The van der Waals surface area contributed by atoms with Gasteiger partial charge in [-0.1, -0.05) is 6.07 Å². The van der Waals surface area contributed by atoms with E-state index in [1.165, 1.54) is 44.3 Å². The zero-order chi connectivity index (χ0) is 23.6. The van der Waals surface area contributed by atoms with E-state index in [-0.39, 0.29) is 6.10 Å². The smallest absolute Gasteiger partial charge is 0.316 e. The summed E-state index contributed by atoms with van der Waals surface area (Å²) >= 11 is 0. The van der Waals surface area contributed by atoms with Crippen LogP contribution >= 0.6 is 0 Å². The Balaban J connectivity index is 0.000000191. The molecule has 3 aromatic rings. The Kier molecular flexibility index (Phi) is 6.53. The van der Waals surface area contributed by atoms with Crippen LogP contribution in [0.4, 0.5) is 0 Å². The summed E-state index contributed by atoms with van der Waals surface area (Å²) in [5.74, 6) is 1.54. The number of nitrogens with one attached hydrogen (secondary N) is 1. The second-order valence-electron chi connectivity index (χ2n) is 10.5. The number of piperidine rings is 4. The summed E-state index contributed by atoms with van der Waals surface area (Å²) in [7, 11) is 0. The molecule has 0 saturated carbocycles. The van der Waals surface area contributed by atoms with E-state index in [2.05, 4.69) is 49.0 Å². The molecule has 0 radical (unpaired) electrons. The molecule has 1 aromatic carbocycles. The van der Waals surface area contributed by atoms with Crippen LogP contribution in [0.1, 0.15) is 38.5 Å². The fourth-order valence-electron chi connectivity index (χ4n) is 6.19. The van der Waals surface area contributed by atoms with Gasteiger partial charge in [-0.2, -0.15) is 0 Å². The Morgan fingerprint density at radius 1 is 0.886 bits per heavy atom. The van der Waals surface area contributed by atoms with Crippen molar-refractivity contribution in [1.82, 2.24) is 24.8 Å². The molecule has 4 bridgehead atoms. The molecular weight excluding hydrogens is 438 g/mol. The number of hydrogen-bond donors (Lipinski definition) is 1. The number of carbonyl (C=O) groups excluding carboxylic acids is 1. The lowest BCUT2D eigenvalue weighted by molar-refractivity contribution is -0.127. The van der Waals surface area contributed by atoms with Gasteiger partial charge in [-0.3, -0.25) is 4.79 Å². The molecule has 0 amide bonds. The summed E-state index contributed by atoms with van der Waals surface area (Å²) in [6.45, 7) is 6.85. The highest BCUT2D eigenvalue weighted by Crippen LogP contribution is 2.29. The molecule has 2 aromatic heterocycles. The molecule has 0 aliphatic carbocycles. The van der Waals surface area contributed by atoms with Crippen molar-refractivity contribution >= 4 is 16.7 Å². The van der Waals surface area contributed by atoms with Crippen molar-refractivity contribution in [2.45, 2.75) is 44.6 Å². The number of Topliss-reactive ketones (excluding diaryl/α,β-unsaturated/α-hetero) is 1. The number of nitrogens with zero attached hydrogens (tertiary/aromatic N) is 4. The SMILES string of the molecule is O=C1CCN2CCCC1C2.c1cc2cc(-c3cnc(O[C@H]4CCN5CCC[C@@H]4C5)nc3)ccc2[nH]1. The summed E-state index contributed by atoms with van der Waals surface area (Å²) in [6, 6.07) is 8.92. The first-order chi connectivity index (χ1) is 17.2. The van der Waals surface area contributed by atoms with Gasteiger partial charge in [0.15, 0.2) is 0 Å². The first-order valence-electron chi connectivity index (χ1n) is 13.2. The summed E-state index contributed by atoms with van der Waals surface area (Å²) in [4.78, 5) is 28.3. The second kappa shape index (κ2) is 10.1. The number of aromatic amines is 1. The third-order valence-electron chi connectivity index (χ3n) is 8.20. The third kappa shape index (κ3) is 5.11. The van der Waals surface area contributed by atoms with Gasteiger partial charge in [-0.05, 0) is 74.3 Å². The minimum atomic E-state index is 0.263. The van der Waals surface area contributed by atoms with Crippen LogP contribution in [-0.4, -0.2) is 75.9 Å². The average molecular weight is 474 g/mol. The minimum Gasteiger partial charge on any atom is -0.460 e. The number of hydrogen-bond acceptors (Lipinski definition) is 6. The summed E-state index contributed by atoms with van der Waals surface area (Å²) in [5, 5.41) is 1.20. The van der Waals surface area contributed by atoms with Crippen LogP contribution in [0.3, 0.4) is 0 Å². The van der Waals surface area contributed by atoms with E-state index >= 15 is 0 Å². The fraction of sp³-hybridized carbons (Fsp3) is 0.536. The van der Waals surface area contributed by atoms with Crippen LogP contribution in [0, 0.1) is 11.8 Å². The molecule has 35 heavy (non-hydrogen) atoms. The number of ketones is 1. The Labute approximate surface area is 206 Å². The number of fused-ring (bicyclic) bond motifs is 5. The standard InChI is InChI=1S/C20H22N4O.C8H13NO/c1-2-16-13-24(8-1)9-6-19(16)25-20-22-11-17(12-23-20)14-3-4-18-15(10-14)5-7-21-18;10-8-3-5-9-4-1-2-7(8)6-9/h3-5,7,10-12,16,19,21H,1-2,6,8-9,13H2;7H,1-6H2/t16-,19+;/m1./s1. The zero-order valence-corrected chi connectivity index (χ0v) is 20.4. The molecule has 184 valence electrons. The van der Waals surface area contributed by atoms with Gasteiger partial charge in [0, 0.05) is 74.1 Å². The van der Waals surface area contributed by atoms with Crippen molar-refractivity contribution < 1.29 is 9.53 Å². The molecule has 4 fully saturated rings. The van der Waals surface area contributed by atoms with Crippen molar-refractivity contribution in [2.24, 2.45) is 11.8 Å². The van der Waals surface area contributed by atoms with E-state index in [9.17, 15) is 4.79 Å².